The first-order valence-electron chi connectivity index (χ1n) is 11.0. The van der Waals surface area contributed by atoms with Gasteiger partial charge in [0.05, 0.1) is 6.61 Å². The summed E-state index contributed by atoms with van der Waals surface area (Å²) in [4.78, 5) is 27.5. The number of carbonyl (C=O) groups excluding carboxylic acids is 2. The summed E-state index contributed by atoms with van der Waals surface area (Å²) in [5, 5.41) is 3.60. The number of rotatable bonds is 13. The first-order valence-corrected chi connectivity index (χ1v) is 11.4. The Morgan fingerprint density at radius 3 is 2.42 bits per heavy atom. The van der Waals surface area contributed by atoms with E-state index in [0.29, 0.717) is 50.4 Å². The van der Waals surface area contributed by atoms with Gasteiger partial charge in [-0.1, -0.05) is 55.8 Å². The van der Waals surface area contributed by atoms with Crippen LogP contribution < -0.4 is 10.1 Å². The summed E-state index contributed by atoms with van der Waals surface area (Å²) in [6, 6.07) is 16.7. The lowest BCUT2D eigenvalue weighted by molar-refractivity contribution is -0.140. The van der Waals surface area contributed by atoms with Gasteiger partial charge in [0.15, 0.2) is 0 Å². The number of hydrogen-bond acceptors (Lipinski definition) is 3. The molecule has 0 heterocycles. The van der Waals surface area contributed by atoms with E-state index in [-0.39, 0.29) is 11.8 Å². The predicted molar refractivity (Wildman–Crippen MR) is 125 cm³/mol. The van der Waals surface area contributed by atoms with Crippen molar-refractivity contribution in [3.63, 3.8) is 0 Å². The molecule has 31 heavy (non-hydrogen) atoms. The number of benzene rings is 2. The summed E-state index contributed by atoms with van der Waals surface area (Å²) < 4.78 is 5.70. The van der Waals surface area contributed by atoms with Crippen LogP contribution in [0.5, 0.6) is 5.75 Å². The lowest BCUT2D eigenvalue weighted by Crippen LogP contribution is -2.50. The SMILES string of the molecule is CCCNC(=O)[C@H](CC)N(CCc1ccccc1)C(=O)CCCOc1ccc(Cl)cc1. The molecule has 2 rings (SSSR count). The molecular weight excluding hydrogens is 412 g/mol. The summed E-state index contributed by atoms with van der Waals surface area (Å²) in [5.74, 6) is 0.625. The van der Waals surface area contributed by atoms with Gasteiger partial charge in [0, 0.05) is 24.5 Å². The summed E-state index contributed by atoms with van der Waals surface area (Å²) in [7, 11) is 0. The fourth-order valence-corrected chi connectivity index (χ4v) is 3.48. The van der Waals surface area contributed by atoms with Gasteiger partial charge >= 0.3 is 0 Å². The van der Waals surface area contributed by atoms with Crippen LogP contribution in [0, 0.1) is 0 Å². The average Bonchev–Trinajstić information content (AvgIpc) is 2.79. The van der Waals surface area contributed by atoms with Gasteiger partial charge in [-0.2, -0.15) is 0 Å². The third-order valence-electron chi connectivity index (χ3n) is 5.04. The number of nitrogens with one attached hydrogen (secondary N) is 1. The Labute approximate surface area is 190 Å². The van der Waals surface area contributed by atoms with Crippen molar-refractivity contribution in [2.45, 2.75) is 52.0 Å². The molecule has 0 saturated carbocycles. The van der Waals surface area contributed by atoms with Crippen LogP contribution >= 0.6 is 11.6 Å². The lowest BCUT2D eigenvalue weighted by Gasteiger charge is -2.30. The molecule has 0 aromatic heterocycles. The van der Waals surface area contributed by atoms with E-state index in [0.717, 1.165) is 17.7 Å². The number of halogens is 1. The monoisotopic (exact) mass is 444 g/mol. The first-order chi connectivity index (χ1) is 15.0. The van der Waals surface area contributed by atoms with E-state index in [4.69, 9.17) is 16.3 Å². The molecule has 0 fully saturated rings. The van der Waals surface area contributed by atoms with Crippen LogP contribution in [0.3, 0.4) is 0 Å². The molecule has 5 nitrogen and oxygen atoms in total. The fourth-order valence-electron chi connectivity index (χ4n) is 3.35. The molecule has 0 bridgehead atoms. The molecule has 0 aliphatic carbocycles. The molecule has 0 radical (unpaired) electrons. The molecule has 2 aromatic carbocycles. The molecule has 1 atom stereocenters. The van der Waals surface area contributed by atoms with Crippen LogP contribution in [-0.2, 0) is 16.0 Å². The Kier molecular flexibility index (Phi) is 10.9. The Balaban J connectivity index is 1.96. The van der Waals surface area contributed by atoms with Crippen LogP contribution in [0.25, 0.3) is 0 Å². The van der Waals surface area contributed by atoms with Gasteiger partial charge in [0.25, 0.3) is 0 Å². The topological polar surface area (TPSA) is 58.6 Å². The maximum Gasteiger partial charge on any atom is 0.242 e. The van der Waals surface area contributed by atoms with Gasteiger partial charge < -0.3 is 15.0 Å². The minimum Gasteiger partial charge on any atom is -0.494 e. The molecule has 0 aliphatic heterocycles. The summed E-state index contributed by atoms with van der Waals surface area (Å²) in [6.45, 7) is 5.52. The first kappa shape index (κ1) is 24.7. The fraction of sp³-hybridized carbons (Fsp3) is 0.440. The number of hydrogen-bond donors (Lipinski definition) is 1. The Morgan fingerprint density at radius 1 is 1.06 bits per heavy atom. The summed E-state index contributed by atoms with van der Waals surface area (Å²) in [5.41, 5.74) is 1.15. The molecule has 2 amide bonds. The minimum atomic E-state index is -0.458. The second kappa shape index (κ2) is 13.7. The molecule has 0 aliphatic rings. The quantitative estimate of drug-likeness (QED) is 0.448. The number of nitrogens with zero attached hydrogens (tertiary/aromatic N) is 1. The molecule has 0 saturated heterocycles. The predicted octanol–water partition coefficient (Wildman–Crippen LogP) is 4.88. The third-order valence-corrected chi connectivity index (χ3v) is 5.29. The van der Waals surface area contributed by atoms with Gasteiger partial charge in [0.2, 0.25) is 11.8 Å². The minimum absolute atomic E-state index is 0.0193. The zero-order valence-electron chi connectivity index (χ0n) is 18.5. The van der Waals surface area contributed by atoms with Crippen molar-refractivity contribution in [2.24, 2.45) is 0 Å². The summed E-state index contributed by atoms with van der Waals surface area (Å²) >= 11 is 5.89. The average molecular weight is 445 g/mol. The van der Waals surface area contributed by atoms with Crippen molar-refractivity contribution in [3.8, 4) is 5.75 Å². The zero-order chi connectivity index (χ0) is 22.5. The number of ether oxygens (including phenoxy) is 1. The highest BCUT2D eigenvalue weighted by atomic mass is 35.5. The molecule has 168 valence electrons. The van der Waals surface area contributed by atoms with Crippen LogP contribution in [0.2, 0.25) is 5.02 Å². The van der Waals surface area contributed by atoms with Crippen LogP contribution in [0.15, 0.2) is 54.6 Å². The lowest BCUT2D eigenvalue weighted by atomic mass is 10.1. The molecule has 1 N–H and O–H groups in total. The van der Waals surface area contributed by atoms with Crippen molar-refractivity contribution in [1.29, 1.82) is 0 Å². The smallest absolute Gasteiger partial charge is 0.242 e. The van der Waals surface area contributed by atoms with E-state index in [1.807, 2.05) is 56.3 Å². The second-order valence-electron chi connectivity index (χ2n) is 7.44. The normalized spacial score (nSPS) is 11.6. The van der Waals surface area contributed by atoms with E-state index in [1.165, 1.54) is 0 Å². The van der Waals surface area contributed by atoms with E-state index < -0.39 is 6.04 Å². The highest BCUT2D eigenvalue weighted by Crippen LogP contribution is 2.16. The van der Waals surface area contributed by atoms with Crippen molar-refractivity contribution in [1.82, 2.24) is 10.2 Å². The van der Waals surface area contributed by atoms with E-state index in [1.54, 1.807) is 17.0 Å². The molecule has 6 heteroatoms. The van der Waals surface area contributed by atoms with Gasteiger partial charge in [-0.25, -0.2) is 0 Å². The van der Waals surface area contributed by atoms with Crippen molar-refractivity contribution in [3.05, 3.63) is 65.2 Å². The summed E-state index contributed by atoms with van der Waals surface area (Å²) in [6.07, 6.45) is 3.07. The van der Waals surface area contributed by atoms with Crippen molar-refractivity contribution < 1.29 is 14.3 Å². The largest absolute Gasteiger partial charge is 0.494 e. The van der Waals surface area contributed by atoms with E-state index in [9.17, 15) is 9.59 Å². The number of amides is 2. The van der Waals surface area contributed by atoms with Crippen molar-refractivity contribution >= 4 is 23.4 Å². The maximum atomic E-state index is 13.1. The van der Waals surface area contributed by atoms with Crippen molar-refractivity contribution in [2.75, 3.05) is 19.7 Å². The van der Waals surface area contributed by atoms with Gasteiger partial charge in [-0.3, -0.25) is 9.59 Å². The third kappa shape index (κ3) is 8.62. The number of carbonyl (C=O) groups is 2. The van der Waals surface area contributed by atoms with Crippen LogP contribution in [0.1, 0.15) is 45.1 Å². The highest BCUT2D eigenvalue weighted by molar-refractivity contribution is 6.30. The highest BCUT2D eigenvalue weighted by Gasteiger charge is 2.27. The Bertz CT molecular complexity index is 796. The van der Waals surface area contributed by atoms with Crippen LogP contribution in [0.4, 0.5) is 0 Å². The second-order valence-corrected chi connectivity index (χ2v) is 7.88. The van der Waals surface area contributed by atoms with E-state index >= 15 is 0 Å². The van der Waals surface area contributed by atoms with Gasteiger partial charge in [-0.15, -0.1) is 0 Å². The van der Waals surface area contributed by atoms with Gasteiger partial charge in [0.1, 0.15) is 11.8 Å². The Hall–Kier alpha value is -2.53. The standard InChI is InChI=1S/C25H33ClN2O3/c1-3-17-27-25(30)23(4-2)28(18-16-20-9-6-5-7-10-20)24(29)11-8-19-31-22-14-12-21(26)13-15-22/h5-7,9-10,12-15,23H,3-4,8,11,16-19H2,1-2H3,(H,27,30)/t23-/m0/s1. The van der Waals surface area contributed by atoms with Crippen LogP contribution in [-0.4, -0.2) is 42.5 Å². The Morgan fingerprint density at radius 2 is 1.77 bits per heavy atom. The molecule has 0 spiro atoms. The molecule has 2 aromatic rings. The zero-order valence-corrected chi connectivity index (χ0v) is 19.2. The molecular formula is C25H33ClN2O3. The van der Waals surface area contributed by atoms with Gasteiger partial charge in [-0.05, 0) is 55.5 Å². The molecule has 0 unspecified atom stereocenters. The van der Waals surface area contributed by atoms with E-state index in [2.05, 4.69) is 5.32 Å². The maximum absolute atomic E-state index is 13.1.